The molecule has 13 heavy (non-hydrogen) atoms. The highest BCUT2D eigenvalue weighted by molar-refractivity contribution is 9.10. The number of benzene rings is 1. The maximum atomic E-state index is 13.1. The number of halogens is 2. The molecule has 1 aromatic rings. The molecule has 0 aliphatic heterocycles. The van der Waals surface area contributed by atoms with Crippen molar-refractivity contribution in [3.8, 4) is 5.75 Å². The summed E-state index contributed by atoms with van der Waals surface area (Å²) in [5.41, 5.74) is 4.87. The van der Waals surface area contributed by atoms with Crippen LogP contribution in [0.1, 0.15) is 10.4 Å². The second-order valence-electron chi connectivity index (χ2n) is 2.38. The van der Waals surface area contributed by atoms with Gasteiger partial charge >= 0.3 is 0 Å². The second-order valence-corrected chi connectivity index (χ2v) is 3.24. The minimum atomic E-state index is -0.940. The van der Waals surface area contributed by atoms with Crippen LogP contribution in [0.3, 0.4) is 0 Å². The van der Waals surface area contributed by atoms with Crippen molar-refractivity contribution in [2.75, 3.05) is 6.54 Å². The van der Waals surface area contributed by atoms with Gasteiger partial charge in [0.25, 0.3) is 0 Å². The van der Waals surface area contributed by atoms with Crippen molar-refractivity contribution in [3.05, 3.63) is 28.0 Å². The number of phenolic OH excluding ortho intramolecular Hbond substituents is 1. The van der Waals surface area contributed by atoms with Gasteiger partial charge in [0.05, 0.1) is 12.1 Å². The van der Waals surface area contributed by atoms with Gasteiger partial charge in [0.15, 0.2) is 17.3 Å². The predicted octanol–water partition coefficient (Wildman–Crippen LogP) is 1.44. The number of hydrogen-bond donors (Lipinski definition) is 2. The summed E-state index contributed by atoms with van der Waals surface area (Å²) in [4.78, 5) is 11.1. The molecule has 0 spiro atoms. The molecule has 3 nitrogen and oxygen atoms in total. The highest BCUT2D eigenvalue weighted by atomic mass is 79.9. The van der Waals surface area contributed by atoms with Crippen molar-refractivity contribution in [2.45, 2.75) is 0 Å². The average Bonchev–Trinajstić information content (AvgIpc) is 2.12. The average molecular weight is 248 g/mol. The summed E-state index contributed by atoms with van der Waals surface area (Å²) in [6.07, 6.45) is 0. The molecule has 0 saturated carbocycles. The van der Waals surface area contributed by atoms with Gasteiger partial charge in [-0.05, 0) is 28.1 Å². The fourth-order valence-electron chi connectivity index (χ4n) is 0.899. The normalized spacial score (nSPS) is 10.1. The van der Waals surface area contributed by atoms with E-state index in [9.17, 15) is 9.18 Å². The molecule has 0 radical (unpaired) electrons. The predicted molar refractivity (Wildman–Crippen MR) is 49.1 cm³/mol. The van der Waals surface area contributed by atoms with E-state index in [1.54, 1.807) is 0 Å². The summed E-state index contributed by atoms with van der Waals surface area (Å²) in [6.45, 7) is -0.293. The summed E-state index contributed by atoms with van der Waals surface area (Å²) >= 11 is 3.00. The summed E-state index contributed by atoms with van der Waals surface area (Å²) in [6, 6.07) is 2.55. The van der Waals surface area contributed by atoms with E-state index in [1.165, 1.54) is 6.07 Å². The van der Waals surface area contributed by atoms with Gasteiger partial charge in [-0.15, -0.1) is 0 Å². The number of nitrogens with two attached hydrogens (primary N) is 1. The van der Waals surface area contributed by atoms with Crippen LogP contribution >= 0.6 is 15.9 Å². The number of Topliss-reactive ketones (excluding diaryl/α,β-unsaturated/α-hetero) is 1. The maximum Gasteiger partial charge on any atom is 0.180 e. The third-order valence-corrected chi connectivity index (χ3v) is 2.20. The fraction of sp³-hybridized carbons (Fsp3) is 0.125. The number of phenols is 1. The third kappa shape index (κ3) is 1.87. The zero-order valence-corrected chi connectivity index (χ0v) is 8.14. The summed E-state index contributed by atoms with van der Waals surface area (Å²) < 4.78 is 13.4. The maximum absolute atomic E-state index is 13.1. The van der Waals surface area contributed by atoms with Crippen LogP contribution in [0.2, 0.25) is 0 Å². The van der Waals surface area contributed by atoms with E-state index in [-0.39, 0.29) is 12.1 Å². The van der Waals surface area contributed by atoms with Gasteiger partial charge in [-0.2, -0.15) is 0 Å². The van der Waals surface area contributed by atoms with E-state index in [4.69, 9.17) is 10.8 Å². The summed E-state index contributed by atoms with van der Waals surface area (Å²) in [5, 5.41) is 8.98. The van der Waals surface area contributed by atoms with Crippen molar-refractivity contribution in [1.82, 2.24) is 0 Å². The number of aromatic hydroxyl groups is 1. The molecule has 70 valence electrons. The van der Waals surface area contributed by atoms with Gasteiger partial charge < -0.3 is 10.8 Å². The fourth-order valence-corrected chi connectivity index (χ4v) is 1.43. The zero-order valence-electron chi connectivity index (χ0n) is 6.55. The van der Waals surface area contributed by atoms with Crippen molar-refractivity contribution >= 4 is 21.7 Å². The van der Waals surface area contributed by atoms with E-state index in [0.29, 0.717) is 4.47 Å². The van der Waals surface area contributed by atoms with Gasteiger partial charge in [0, 0.05) is 4.47 Å². The molecule has 0 aliphatic rings. The first kappa shape index (κ1) is 10.1. The minimum absolute atomic E-state index is 0.206. The lowest BCUT2D eigenvalue weighted by Gasteiger charge is -2.04. The molecule has 1 rings (SSSR count). The largest absolute Gasteiger partial charge is 0.505 e. The van der Waals surface area contributed by atoms with Gasteiger partial charge in [0.2, 0.25) is 0 Å². The van der Waals surface area contributed by atoms with Gasteiger partial charge in [-0.25, -0.2) is 4.39 Å². The number of carbonyl (C=O) groups excluding carboxylic acids is 1. The lowest BCUT2D eigenvalue weighted by Crippen LogP contribution is -2.15. The molecule has 0 amide bonds. The smallest absolute Gasteiger partial charge is 0.180 e. The molecule has 0 aliphatic carbocycles. The lowest BCUT2D eigenvalue weighted by molar-refractivity contribution is 0.0996. The quantitative estimate of drug-likeness (QED) is 0.778. The van der Waals surface area contributed by atoms with Crippen LogP contribution in [0.4, 0.5) is 4.39 Å². The first-order valence-corrected chi connectivity index (χ1v) is 4.27. The van der Waals surface area contributed by atoms with Gasteiger partial charge in [-0.3, -0.25) is 4.79 Å². The Hall–Kier alpha value is -0.940. The van der Waals surface area contributed by atoms with Crippen LogP contribution in [0, 0.1) is 5.82 Å². The van der Waals surface area contributed by atoms with E-state index in [2.05, 4.69) is 15.9 Å². The Labute approximate surface area is 82.5 Å². The molecule has 0 heterocycles. The van der Waals surface area contributed by atoms with Crippen molar-refractivity contribution in [1.29, 1.82) is 0 Å². The molecule has 1 aromatic carbocycles. The van der Waals surface area contributed by atoms with Crippen molar-refractivity contribution in [2.24, 2.45) is 5.73 Å². The van der Waals surface area contributed by atoms with Crippen LogP contribution in [0.15, 0.2) is 16.6 Å². The highest BCUT2D eigenvalue weighted by Gasteiger charge is 2.17. The van der Waals surface area contributed by atoms with Crippen LogP contribution in [0.25, 0.3) is 0 Å². The standard InChI is InChI=1S/C8H7BrFNO2/c9-4-1-2-5(12)8(10)7(4)6(13)3-11/h1-2,12H,3,11H2. The van der Waals surface area contributed by atoms with Crippen LogP contribution in [0.5, 0.6) is 5.75 Å². The van der Waals surface area contributed by atoms with E-state index in [0.717, 1.165) is 6.07 Å². The Morgan fingerprint density at radius 1 is 1.62 bits per heavy atom. The van der Waals surface area contributed by atoms with Crippen LogP contribution < -0.4 is 5.73 Å². The molecule has 0 fully saturated rings. The number of rotatable bonds is 2. The third-order valence-electron chi connectivity index (χ3n) is 1.53. The Balaban J connectivity index is 3.33. The lowest BCUT2D eigenvalue weighted by atomic mass is 10.1. The molecule has 5 heteroatoms. The molecular formula is C8H7BrFNO2. The van der Waals surface area contributed by atoms with Crippen LogP contribution in [-0.2, 0) is 0 Å². The SMILES string of the molecule is NCC(=O)c1c(Br)ccc(O)c1F. The second kappa shape index (κ2) is 3.85. The topological polar surface area (TPSA) is 63.3 Å². The zero-order chi connectivity index (χ0) is 10.0. The van der Waals surface area contributed by atoms with Gasteiger partial charge in [0.1, 0.15) is 0 Å². The number of hydrogen-bond acceptors (Lipinski definition) is 3. The molecule has 0 bridgehead atoms. The molecule has 0 aromatic heterocycles. The minimum Gasteiger partial charge on any atom is -0.505 e. The Morgan fingerprint density at radius 3 is 2.77 bits per heavy atom. The Bertz CT molecular complexity index is 354. The Kier molecular flexibility index (Phi) is 3.00. The monoisotopic (exact) mass is 247 g/mol. The molecule has 0 saturated heterocycles. The van der Waals surface area contributed by atoms with Crippen molar-refractivity contribution in [3.63, 3.8) is 0 Å². The number of carbonyl (C=O) groups is 1. The van der Waals surface area contributed by atoms with Gasteiger partial charge in [-0.1, -0.05) is 0 Å². The van der Waals surface area contributed by atoms with E-state index in [1.807, 2.05) is 0 Å². The first-order chi connectivity index (χ1) is 6.07. The van der Waals surface area contributed by atoms with E-state index >= 15 is 0 Å². The first-order valence-electron chi connectivity index (χ1n) is 3.48. The molecule has 0 atom stereocenters. The highest BCUT2D eigenvalue weighted by Crippen LogP contribution is 2.26. The summed E-state index contributed by atoms with van der Waals surface area (Å²) in [7, 11) is 0. The van der Waals surface area contributed by atoms with Crippen molar-refractivity contribution < 1.29 is 14.3 Å². The number of ketones is 1. The van der Waals surface area contributed by atoms with E-state index < -0.39 is 17.3 Å². The Morgan fingerprint density at radius 2 is 2.23 bits per heavy atom. The molecular weight excluding hydrogens is 241 g/mol. The summed E-state index contributed by atoms with van der Waals surface area (Å²) in [5.74, 6) is -2.05. The molecule has 0 unspecified atom stereocenters. The van der Waals surface area contributed by atoms with Crippen LogP contribution in [-0.4, -0.2) is 17.4 Å². The molecule has 3 N–H and O–H groups in total.